The summed E-state index contributed by atoms with van der Waals surface area (Å²) in [5.41, 5.74) is 5.37. The number of hydrazone groups is 1. The largest absolute Gasteiger partial charge is 0.275 e. The lowest BCUT2D eigenvalue weighted by atomic mass is 10.0. The van der Waals surface area contributed by atoms with Gasteiger partial charge in [-0.25, -0.2) is 0 Å². The van der Waals surface area contributed by atoms with Crippen molar-refractivity contribution in [3.63, 3.8) is 0 Å². The van der Waals surface area contributed by atoms with Crippen LogP contribution in [0.3, 0.4) is 0 Å². The number of rotatable bonds is 3. The van der Waals surface area contributed by atoms with Gasteiger partial charge < -0.3 is 0 Å². The van der Waals surface area contributed by atoms with E-state index in [-0.39, 0.29) is 0 Å². The molecule has 0 aliphatic rings. The summed E-state index contributed by atoms with van der Waals surface area (Å²) in [4.78, 5) is 0. The number of nitrogens with one attached hydrogen (secondary N) is 1. The Morgan fingerprint density at radius 3 is 2.30 bits per heavy atom. The van der Waals surface area contributed by atoms with E-state index in [0.29, 0.717) is 20.8 Å². The van der Waals surface area contributed by atoms with Crippen LogP contribution in [0.2, 0.25) is 15.1 Å². The van der Waals surface area contributed by atoms with Crippen LogP contribution >= 0.6 is 34.8 Å². The first kappa shape index (κ1) is 16.1. The van der Waals surface area contributed by atoms with Crippen molar-refractivity contribution in [3.05, 3.63) is 75.2 Å². The van der Waals surface area contributed by atoms with Gasteiger partial charge in [-0.05, 0) is 29.8 Å². The first-order valence-corrected chi connectivity index (χ1v) is 8.12. The Hall–Kier alpha value is -1.74. The summed E-state index contributed by atoms with van der Waals surface area (Å²) in [6.07, 6.45) is 0. The summed E-state index contributed by atoms with van der Waals surface area (Å²) in [7, 11) is 0. The van der Waals surface area contributed by atoms with Gasteiger partial charge in [0.2, 0.25) is 0 Å². The average Bonchev–Trinajstić information content (AvgIpc) is 2.53. The minimum absolute atomic E-state index is 0.428. The van der Waals surface area contributed by atoms with Crippen molar-refractivity contribution in [2.75, 3.05) is 5.43 Å². The molecule has 3 aromatic rings. The molecule has 0 aromatic heterocycles. The zero-order valence-electron chi connectivity index (χ0n) is 12.3. The predicted octanol–water partition coefficient (Wildman–Crippen LogP) is 6.64. The molecule has 3 rings (SSSR count). The van der Waals surface area contributed by atoms with Crippen molar-refractivity contribution in [3.8, 4) is 0 Å². The van der Waals surface area contributed by atoms with Gasteiger partial charge in [0.25, 0.3) is 0 Å². The Labute approximate surface area is 149 Å². The Morgan fingerprint density at radius 2 is 1.57 bits per heavy atom. The molecule has 0 amide bonds. The molecule has 3 aromatic carbocycles. The van der Waals surface area contributed by atoms with E-state index in [4.69, 9.17) is 34.8 Å². The zero-order chi connectivity index (χ0) is 16.4. The van der Waals surface area contributed by atoms with E-state index < -0.39 is 0 Å². The van der Waals surface area contributed by atoms with Crippen molar-refractivity contribution in [1.29, 1.82) is 0 Å². The lowest BCUT2D eigenvalue weighted by Crippen LogP contribution is -2.01. The molecule has 0 atom stereocenters. The van der Waals surface area contributed by atoms with E-state index >= 15 is 0 Å². The first-order valence-electron chi connectivity index (χ1n) is 6.99. The minimum Gasteiger partial charge on any atom is -0.275 e. The smallest absolute Gasteiger partial charge is 0.0935 e. The van der Waals surface area contributed by atoms with Crippen molar-refractivity contribution in [2.45, 2.75) is 6.92 Å². The quantitative estimate of drug-likeness (QED) is 0.409. The monoisotopic (exact) mass is 362 g/mol. The topological polar surface area (TPSA) is 24.4 Å². The molecule has 0 unspecified atom stereocenters. The maximum atomic E-state index is 6.16. The molecule has 23 heavy (non-hydrogen) atoms. The fourth-order valence-corrected chi connectivity index (χ4v) is 3.29. The van der Waals surface area contributed by atoms with Gasteiger partial charge in [0.05, 0.1) is 21.4 Å². The van der Waals surface area contributed by atoms with Gasteiger partial charge in [0.15, 0.2) is 0 Å². The lowest BCUT2D eigenvalue weighted by molar-refractivity contribution is 1.32. The third-order valence-electron chi connectivity index (χ3n) is 3.52. The van der Waals surface area contributed by atoms with E-state index in [1.54, 1.807) is 12.1 Å². The highest BCUT2D eigenvalue weighted by Gasteiger charge is 2.08. The van der Waals surface area contributed by atoms with Gasteiger partial charge in [0.1, 0.15) is 0 Å². The third-order valence-corrected chi connectivity index (χ3v) is 4.34. The fourth-order valence-electron chi connectivity index (χ4n) is 2.39. The van der Waals surface area contributed by atoms with E-state index in [1.807, 2.05) is 31.2 Å². The summed E-state index contributed by atoms with van der Waals surface area (Å²) in [5, 5.41) is 8.08. The highest BCUT2D eigenvalue weighted by molar-refractivity contribution is 6.41. The average molecular weight is 364 g/mol. The standard InChI is InChI=1S/C18H13Cl3N2/c1-11(14-8-4-6-12-5-2-3-7-15(12)14)22-23-18-16(20)9-13(19)10-17(18)21/h2-10,23H,1H3. The minimum atomic E-state index is 0.428. The van der Waals surface area contributed by atoms with E-state index in [2.05, 4.69) is 28.7 Å². The summed E-state index contributed by atoms with van der Waals surface area (Å²) in [5.74, 6) is 0. The number of benzene rings is 3. The third kappa shape index (κ3) is 3.45. The predicted molar refractivity (Wildman–Crippen MR) is 101 cm³/mol. The van der Waals surface area contributed by atoms with Crippen molar-refractivity contribution in [2.24, 2.45) is 5.10 Å². The van der Waals surface area contributed by atoms with Crippen LogP contribution in [0.15, 0.2) is 59.7 Å². The molecule has 0 heterocycles. The van der Waals surface area contributed by atoms with Gasteiger partial charge in [-0.1, -0.05) is 77.3 Å². The summed E-state index contributed by atoms with van der Waals surface area (Å²) >= 11 is 18.2. The number of hydrogen-bond donors (Lipinski definition) is 1. The highest BCUT2D eigenvalue weighted by Crippen LogP contribution is 2.33. The molecular formula is C18H13Cl3N2. The molecule has 0 aliphatic heterocycles. The van der Waals surface area contributed by atoms with Gasteiger partial charge in [-0.15, -0.1) is 0 Å². The number of halogens is 3. The van der Waals surface area contributed by atoms with E-state index in [9.17, 15) is 0 Å². The second-order valence-electron chi connectivity index (χ2n) is 5.08. The number of anilines is 1. The lowest BCUT2D eigenvalue weighted by Gasteiger charge is -2.09. The summed E-state index contributed by atoms with van der Waals surface area (Å²) in [6, 6.07) is 17.6. The molecule has 5 heteroatoms. The Balaban J connectivity index is 1.97. The molecule has 0 saturated carbocycles. The molecule has 0 bridgehead atoms. The Kier molecular flexibility index (Phi) is 4.76. The second-order valence-corrected chi connectivity index (χ2v) is 6.33. The molecule has 0 fully saturated rings. The SMILES string of the molecule is CC(=NNc1c(Cl)cc(Cl)cc1Cl)c1cccc2ccccc12. The van der Waals surface area contributed by atoms with E-state index in [0.717, 1.165) is 16.7 Å². The van der Waals surface area contributed by atoms with Crippen LogP contribution in [-0.4, -0.2) is 5.71 Å². The van der Waals surface area contributed by atoms with Crippen LogP contribution in [0.4, 0.5) is 5.69 Å². The molecule has 2 nitrogen and oxygen atoms in total. The normalized spacial score (nSPS) is 11.7. The highest BCUT2D eigenvalue weighted by atomic mass is 35.5. The maximum absolute atomic E-state index is 6.16. The molecule has 0 saturated heterocycles. The number of nitrogens with zero attached hydrogens (tertiary/aromatic N) is 1. The van der Waals surface area contributed by atoms with Gasteiger partial charge in [0, 0.05) is 10.6 Å². The Bertz CT molecular complexity index is 875. The molecule has 116 valence electrons. The molecule has 0 aliphatic carbocycles. The fraction of sp³-hybridized carbons (Fsp3) is 0.0556. The molecule has 1 N–H and O–H groups in total. The molecule has 0 spiro atoms. The van der Waals surface area contributed by atoms with Crippen LogP contribution in [-0.2, 0) is 0 Å². The van der Waals surface area contributed by atoms with Crippen LogP contribution < -0.4 is 5.43 Å². The van der Waals surface area contributed by atoms with Crippen molar-refractivity contribution >= 4 is 57.0 Å². The zero-order valence-corrected chi connectivity index (χ0v) is 14.5. The van der Waals surface area contributed by atoms with Crippen LogP contribution in [0.1, 0.15) is 12.5 Å². The molecular weight excluding hydrogens is 351 g/mol. The summed E-state index contributed by atoms with van der Waals surface area (Å²) in [6.45, 7) is 1.94. The van der Waals surface area contributed by atoms with Crippen molar-refractivity contribution in [1.82, 2.24) is 0 Å². The van der Waals surface area contributed by atoms with Crippen LogP contribution in [0, 0.1) is 0 Å². The number of fused-ring (bicyclic) bond motifs is 1. The first-order chi connectivity index (χ1) is 11.1. The van der Waals surface area contributed by atoms with Gasteiger partial charge in [-0.2, -0.15) is 5.10 Å². The van der Waals surface area contributed by atoms with E-state index in [1.165, 1.54) is 5.39 Å². The Morgan fingerprint density at radius 1 is 0.913 bits per heavy atom. The van der Waals surface area contributed by atoms with Crippen LogP contribution in [0.25, 0.3) is 10.8 Å². The van der Waals surface area contributed by atoms with Gasteiger partial charge >= 0.3 is 0 Å². The van der Waals surface area contributed by atoms with Crippen LogP contribution in [0.5, 0.6) is 0 Å². The summed E-state index contributed by atoms with van der Waals surface area (Å²) < 4.78 is 0. The van der Waals surface area contributed by atoms with Crippen molar-refractivity contribution < 1.29 is 0 Å². The molecule has 0 radical (unpaired) electrons. The number of hydrogen-bond acceptors (Lipinski definition) is 2. The van der Waals surface area contributed by atoms with Gasteiger partial charge in [-0.3, -0.25) is 5.43 Å². The second kappa shape index (κ2) is 6.79. The maximum Gasteiger partial charge on any atom is 0.0935 e.